The fraction of sp³-hybridized carbons (Fsp3) is 0.765. The summed E-state index contributed by atoms with van der Waals surface area (Å²) in [6.07, 6.45) is 13.8. The van der Waals surface area contributed by atoms with Crippen LogP contribution in [0, 0.1) is 0 Å². The summed E-state index contributed by atoms with van der Waals surface area (Å²) in [7, 11) is 0. The van der Waals surface area contributed by atoms with Crippen LogP contribution in [0.1, 0.15) is 77.6 Å². The smallest absolute Gasteiger partial charge is 0.239 e. The van der Waals surface area contributed by atoms with Crippen molar-refractivity contribution in [3.05, 3.63) is 0 Å². The Morgan fingerprint density at radius 3 is 1.68 bits per heavy atom. The average Bonchev–Trinajstić information content (AvgIpc) is 2.74. The minimum atomic E-state index is -0.466. The van der Waals surface area contributed by atoms with Gasteiger partial charge in [-0.3, -0.25) is 4.98 Å². The van der Waals surface area contributed by atoms with Gasteiger partial charge in [0.2, 0.25) is 23.3 Å². The molecule has 4 N–H and O–H groups in total. The highest BCUT2D eigenvalue weighted by Gasteiger charge is 2.17. The zero-order valence-corrected chi connectivity index (χ0v) is 13.7. The molecule has 0 spiro atoms. The summed E-state index contributed by atoms with van der Waals surface area (Å²) >= 11 is 0. The highest BCUT2D eigenvalue weighted by Crippen LogP contribution is 2.42. The molecule has 22 heavy (non-hydrogen) atoms. The first-order chi connectivity index (χ1) is 10.7. The molecule has 0 aliphatic carbocycles. The molecule has 0 aliphatic rings. The van der Waals surface area contributed by atoms with Gasteiger partial charge in [0.05, 0.1) is 6.61 Å². The highest BCUT2D eigenvalue weighted by atomic mass is 16.5. The number of unbranched alkanes of at least 4 members (excludes halogenated alkanes) is 10. The number of H-pyrrole nitrogens is 1. The Morgan fingerprint density at radius 1 is 0.727 bits per heavy atom. The van der Waals surface area contributed by atoms with Crippen molar-refractivity contribution in [2.24, 2.45) is 0 Å². The molecular formula is C17H31NO4. The Labute approximate surface area is 133 Å². The van der Waals surface area contributed by atoms with E-state index in [1.807, 2.05) is 0 Å². The molecule has 0 atom stereocenters. The number of rotatable bonds is 13. The lowest BCUT2D eigenvalue weighted by Gasteiger charge is -2.05. The molecule has 1 heterocycles. The van der Waals surface area contributed by atoms with E-state index in [2.05, 4.69) is 11.9 Å². The first kappa shape index (κ1) is 18.5. The lowest BCUT2D eigenvalue weighted by Crippen LogP contribution is -1.96. The van der Waals surface area contributed by atoms with E-state index in [-0.39, 0.29) is 11.6 Å². The van der Waals surface area contributed by atoms with Gasteiger partial charge in [-0.05, 0) is 6.42 Å². The molecule has 0 fully saturated rings. The summed E-state index contributed by atoms with van der Waals surface area (Å²) in [6, 6.07) is 0. The molecule has 0 unspecified atom stereocenters. The number of aromatic nitrogens is 1. The minimum Gasteiger partial charge on any atom is -0.500 e. The van der Waals surface area contributed by atoms with Crippen LogP contribution >= 0.6 is 0 Å². The quantitative estimate of drug-likeness (QED) is 0.393. The molecule has 1 aromatic heterocycles. The van der Waals surface area contributed by atoms with Crippen LogP contribution < -0.4 is 4.74 Å². The Balaban J connectivity index is 1.92. The maximum atomic E-state index is 9.43. The number of nitrogens with one attached hydrogen (secondary N) is 1. The zero-order valence-electron chi connectivity index (χ0n) is 13.7. The molecule has 5 heteroatoms. The number of hydrogen-bond acceptors (Lipinski definition) is 4. The van der Waals surface area contributed by atoms with Gasteiger partial charge in [0.1, 0.15) is 0 Å². The van der Waals surface area contributed by atoms with Crippen LogP contribution in [0.4, 0.5) is 0 Å². The van der Waals surface area contributed by atoms with Crippen LogP contribution in [-0.2, 0) is 0 Å². The topological polar surface area (TPSA) is 85.7 Å². The van der Waals surface area contributed by atoms with Gasteiger partial charge < -0.3 is 20.1 Å². The predicted molar refractivity (Wildman–Crippen MR) is 87.7 cm³/mol. The number of aromatic amines is 1. The molecule has 0 saturated carbocycles. The van der Waals surface area contributed by atoms with Crippen molar-refractivity contribution in [1.82, 2.24) is 4.98 Å². The summed E-state index contributed by atoms with van der Waals surface area (Å²) in [5.41, 5.74) is 0. The van der Waals surface area contributed by atoms with Crippen molar-refractivity contribution < 1.29 is 20.1 Å². The van der Waals surface area contributed by atoms with Crippen LogP contribution in [0.3, 0.4) is 0 Å². The molecule has 0 radical (unpaired) electrons. The average molecular weight is 313 g/mol. The second kappa shape index (κ2) is 11.1. The summed E-state index contributed by atoms with van der Waals surface area (Å²) in [5, 5.41) is 28.0. The van der Waals surface area contributed by atoms with E-state index >= 15 is 0 Å². The van der Waals surface area contributed by atoms with Crippen LogP contribution in [0.5, 0.6) is 23.3 Å². The van der Waals surface area contributed by atoms with Gasteiger partial charge in [0.25, 0.3) is 0 Å². The van der Waals surface area contributed by atoms with Crippen molar-refractivity contribution in [3.63, 3.8) is 0 Å². The summed E-state index contributed by atoms with van der Waals surface area (Å²) in [6.45, 7) is 2.67. The molecule has 0 amide bonds. The lowest BCUT2D eigenvalue weighted by molar-refractivity contribution is 0.274. The Bertz CT molecular complexity index is 404. The van der Waals surface area contributed by atoms with Gasteiger partial charge in [0.15, 0.2) is 0 Å². The van der Waals surface area contributed by atoms with Gasteiger partial charge in [0, 0.05) is 0 Å². The first-order valence-electron chi connectivity index (χ1n) is 8.62. The fourth-order valence-corrected chi connectivity index (χ4v) is 2.53. The maximum absolute atomic E-state index is 9.43. The van der Waals surface area contributed by atoms with E-state index in [1.54, 1.807) is 0 Å². The SMILES string of the molecule is CCCCCCCCCCCCCOc1c(O)[nH]c(O)c1O. The molecule has 0 aromatic carbocycles. The molecule has 5 nitrogen and oxygen atoms in total. The van der Waals surface area contributed by atoms with E-state index in [9.17, 15) is 10.2 Å². The molecule has 0 bridgehead atoms. The van der Waals surface area contributed by atoms with Crippen molar-refractivity contribution in [1.29, 1.82) is 0 Å². The highest BCUT2D eigenvalue weighted by molar-refractivity contribution is 5.53. The second-order valence-electron chi connectivity index (χ2n) is 5.88. The van der Waals surface area contributed by atoms with E-state index < -0.39 is 11.6 Å². The van der Waals surface area contributed by atoms with Gasteiger partial charge >= 0.3 is 0 Å². The van der Waals surface area contributed by atoms with Gasteiger partial charge in [-0.25, -0.2) is 0 Å². The lowest BCUT2D eigenvalue weighted by atomic mass is 10.1. The van der Waals surface area contributed by atoms with Gasteiger partial charge in [-0.1, -0.05) is 71.1 Å². The molecule has 1 aromatic rings. The van der Waals surface area contributed by atoms with Crippen molar-refractivity contribution in [2.45, 2.75) is 77.6 Å². The van der Waals surface area contributed by atoms with Crippen LogP contribution in [0.25, 0.3) is 0 Å². The standard InChI is InChI=1S/C17H31NO4/c1-2-3-4-5-6-7-8-9-10-11-12-13-22-15-14(19)16(20)18-17(15)21/h18-21H,2-13H2,1H3. The fourth-order valence-electron chi connectivity index (χ4n) is 2.53. The predicted octanol–water partition coefficient (Wildman–Crippen LogP) is 4.82. The van der Waals surface area contributed by atoms with Crippen molar-refractivity contribution >= 4 is 0 Å². The molecule has 0 aliphatic heterocycles. The van der Waals surface area contributed by atoms with Crippen LogP contribution in [0.15, 0.2) is 0 Å². The Morgan fingerprint density at radius 2 is 1.23 bits per heavy atom. The normalized spacial score (nSPS) is 11.0. The van der Waals surface area contributed by atoms with Gasteiger partial charge in [-0.2, -0.15) is 0 Å². The monoisotopic (exact) mass is 313 g/mol. The first-order valence-corrected chi connectivity index (χ1v) is 8.62. The Hall–Kier alpha value is -1.52. The third-order valence-corrected chi connectivity index (χ3v) is 3.89. The van der Waals surface area contributed by atoms with E-state index in [0.29, 0.717) is 6.61 Å². The van der Waals surface area contributed by atoms with Gasteiger partial charge in [-0.15, -0.1) is 0 Å². The second-order valence-corrected chi connectivity index (χ2v) is 5.88. The van der Waals surface area contributed by atoms with Crippen LogP contribution in [-0.4, -0.2) is 26.9 Å². The molecular weight excluding hydrogens is 282 g/mol. The summed E-state index contributed by atoms with van der Waals surface area (Å²) < 4.78 is 5.28. The summed E-state index contributed by atoms with van der Waals surface area (Å²) in [5.74, 6) is -1.30. The van der Waals surface area contributed by atoms with E-state index in [1.165, 1.54) is 57.8 Å². The minimum absolute atomic E-state index is 0.0652. The summed E-state index contributed by atoms with van der Waals surface area (Å²) in [4.78, 5) is 2.21. The molecule has 0 saturated heterocycles. The maximum Gasteiger partial charge on any atom is 0.239 e. The number of aromatic hydroxyl groups is 3. The zero-order chi connectivity index (χ0) is 16.2. The Kier molecular flexibility index (Phi) is 9.35. The largest absolute Gasteiger partial charge is 0.500 e. The third kappa shape index (κ3) is 6.96. The van der Waals surface area contributed by atoms with Crippen molar-refractivity contribution in [3.8, 4) is 23.3 Å². The molecule has 1 rings (SSSR count). The molecule has 128 valence electrons. The van der Waals surface area contributed by atoms with Crippen LogP contribution in [0.2, 0.25) is 0 Å². The number of hydrogen-bond donors (Lipinski definition) is 4. The van der Waals surface area contributed by atoms with Crippen molar-refractivity contribution in [2.75, 3.05) is 6.61 Å². The third-order valence-electron chi connectivity index (χ3n) is 3.89. The number of ether oxygens (including phenoxy) is 1. The van der Waals surface area contributed by atoms with E-state index in [0.717, 1.165) is 12.8 Å². The van der Waals surface area contributed by atoms with E-state index in [4.69, 9.17) is 9.84 Å².